The van der Waals surface area contributed by atoms with E-state index in [2.05, 4.69) is 0 Å². The molecule has 3 nitrogen and oxygen atoms in total. The molecule has 0 saturated heterocycles. The van der Waals surface area contributed by atoms with Gasteiger partial charge in [-0.1, -0.05) is 0 Å². The lowest BCUT2D eigenvalue weighted by molar-refractivity contribution is -0.154. The van der Waals surface area contributed by atoms with E-state index in [0.717, 1.165) is 5.76 Å². The second-order valence-electron chi connectivity index (χ2n) is 4.34. The maximum absolute atomic E-state index is 11.4. The Morgan fingerprint density at radius 2 is 2.07 bits per heavy atom. The van der Waals surface area contributed by atoms with E-state index < -0.39 is 5.41 Å². The van der Waals surface area contributed by atoms with Gasteiger partial charge >= 0.3 is 5.97 Å². The highest BCUT2D eigenvalue weighted by Crippen LogP contribution is 2.17. The summed E-state index contributed by atoms with van der Waals surface area (Å²) in [5.41, 5.74) is -0.457. The normalized spacial score (nSPS) is 11.4. The van der Waals surface area contributed by atoms with E-state index in [4.69, 9.17) is 9.15 Å². The summed E-state index contributed by atoms with van der Waals surface area (Å²) in [7, 11) is 0. The van der Waals surface area contributed by atoms with E-state index in [-0.39, 0.29) is 12.6 Å². The molecule has 0 unspecified atom stereocenters. The van der Waals surface area contributed by atoms with Gasteiger partial charge in [0.05, 0.1) is 5.41 Å². The first-order valence-corrected chi connectivity index (χ1v) is 4.62. The standard InChI is InChI=1S/C11H16O3/c1-8-5-6-9(14-8)7-13-10(12)11(2,3)4/h5-6H,7H2,1-4H3. The predicted octanol–water partition coefficient (Wildman–Crippen LogP) is 2.68. The van der Waals surface area contributed by atoms with Crippen molar-refractivity contribution in [3.63, 3.8) is 0 Å². The lowest BCUT2D eigenvalue weighted by Crippen LogP contribution is -2.22. The zero-order valence-electron chi connectivity index (χ0n) is 9.09. The second-order valence-corrected chi connectivity index (χ2v) is 4.34. The van der Waals surface area contributed by atoms with Crippen LogP contribution < -0.4 is 0 Å². The Morgan fingerprint density at radius 1 is 1.43 bits per heavy atom. The van der Waals surface area contributed by atoms with Gasteiger partial charge < -0.3 is 9.15 Å². The lowest BCUT2D eigenvalue weighted by atomic mass is 9.97. The van der Waals surface area contributed by atoms with Crippen LogP contribution in [0.4, 0.5) is 0 Å². The number of ether oxygens (including phenoxy) is 1. The number of furan rings is 1. The van der Waals surface area contributed by atoms with Crippen molar-refractivity contribution in [2.45, 2.75) is 34.3 Å². The van der Waals surface area contributed by atoms with Crippen molar-refractivity contribution in [1.29, 1.82) is 0 Å². The Morgan fingerprint density at radius 3 is 2.50 bits per heavy atom. The van der Waals surface area contributed by atoms with Crippen molar-refractivity contribution in [1.82, 2.24) is 0 Å². The largest absolute Gasteiger partial charge is 0.463 e. The zero-order valence-corrected chi connectivity index (χ0v) is 9.09. The molecule has 0 amide bonds. The van der Waals surface area contributed by atoms with E-state index in [1.807, 2.05) is 39.8 Å². The molecule has 0 aliphatic heterocycles. The van der Waals surface area contributed by atoms with Crippen molar-refractivity contribution in [3.05, 3.63) is 23.7 Å². The Kier molecular flexibility index (Phi) is 2.99. The molecule has 0 aliphatic carbocycles. The van der Waals surface area contributed by atoms with E-state index >= 15 is 0 Å². The molecule has 0 saturated carbocycles. The summed E-state index contributed by atoms with van der Waals surface area (Å²) >= 11 is 0. The maximum Gasteiger partial charge on any atom is 0.311 e. The molecule has 0 radical (unpaired) electrons. The molecule has 0 atom stereocenters. The molecule has 1 aromatic heterocycles. The van der Waals surface area contributed by atoms with Crippen LogP contribution in [-0.2, 0) is 16.1 Å². The fraction of sp³-hybridized carbons (Fsp3) is 0.545. The van der Waals surface area contributed by atoms with Crippen molar-refractivity contribution in [3.8, 4) is 0 Å². The smallest absolute Gasteiger partial charge is 0.311 e. The minimum absolute atomic E-state index is 0.212. The highest BCUT2D eigenvalue weighted by atomic mass is 16.5. The quantitative estimate of drug-likeness (QED) is 0.683. The monoisotopic (exact) mass is 196 g/mol. The summed E-state index contributed by atoms with van der Waals surface area (Å²) < 4.78 is 10.3. The first-order valence-electron chi connectivity index (χ1n) is 4.62. The third kappa shape index (κ3) is 2.91. The fourth-order valence-electron chi connectivity index (χ4n) is 0.916. The van der Waals surface area contributed by atoms with Crippen LogP contribution in [0.2, 0.25) is 0 Å². The third-order valence-electron chi connectivity index (χ3n) is 1.75. The molecular formula is C11H16O3. The average Bonchev–Trinajstić information content (AvgIpc) is 2.45. The number of esters is 1. The van der Waals surface area contributed by atoms with Gasteiger partial charge in [-0.3, -0.25) is 4.79 Å². The van der Waals surface area contributed by atoms with Gasteiger partial charge in [-0.2, -0.15) is 0 Å². The maximum atomic E-state index is 11.4. The van der Waals surface area contributed by atoms with Gasteiger partial charge in [0, 0.05) is 0 Å². The highest BCUT2D eigenvalue weighted by molar-refractivity contribution is 5.75. The van der Waals surface area contributed by atoms with E-state index in [0.29, 0.717) is 5.76 Å². The Balaban J connectivity index is 2.46. The van der Waals surface area contributed by atoms with Crippen molar-refractivity contribution < 1.29 is 13.9 Å². The van der Waals surface area contributed by atoms with Gasteiger partial charge in [-0.05, 0) is 39.8 Å². The summed E-state index contributed by atoms with van der Waals surface area (Å²) in [5, 5.41) is 0. The first kappa shape index (κ1) is 10.8. The second kappa shape index (κ2) is 3.86. The van der Waals surface area contributed by atoms with Gasteiger partial charge in [-0.25, -0.2) is 0 Å². The molecule has 0 fully saturated rings. The van der Waals surface area contributed by atoms with Crippen LogP contribution in [0.25, 0.3) is 0 Å². The first-order chi connectivity index (χ1) is 6.39. The summed E-state index contributed by atoms with van der Waals surface area (Å²) in [4.78, 5) is 11.4. The van der Waals surface area contributed by atoms with Gasteiger partial charge in [0.2, 0.25) is 0 Å². The number of hydrogen-bond donors (Lipinski definition) is 0. The minimum atomic E-state index is -0.457. The van der Waals surface area contributed by atoms with Crippen LogP contribution in [-0.4, -0.2) is 5.97 Å². The van der Waals surface area contributed by atoms with Crippen LogP contribution in [0.1, 0.15) is 32.3 Å². The number of carbonyl (C=O) groups is 1. The molecule has 1 heterocycles. The Bertz CT molecular complexity index is 318. The Labute approximate surface area is 84.1 Å². The van der Waals surface area contributed by atoms with Gasteiger partial charge in [0.15, 0.2) is 0 Å². The topological polar surface area (TPSA) is 39.4 Å². The van der Waals surface area contributed by atoms with Crippen molar-refractivity contribution in [2.75, 3.05) is 0 Å². The highest BCUT2D eigenvalue weighted by Gasteiger charge is 2.23. The number of hydrogen-bond acceptors (Lipinski definition) is 3. The van der Waals surface area contributed by atoms with Crippen LogP contribution in [0, 0.1) is 12.3 Å². The molecule has 0 N–H and O–H groups in total. The van der Waals surface area contributed by atoms with Crippen molar-refractivity contribution in [2.24, 2.45) is 5.41 Å². The van der Waals surface area contributed by atoms with Crippen LogP contribution in [0.15, 0.2) is 16.5 Å². The molecule has 1 aromatic rings. The Hall–Kier alpha value is -1.25. The van der Waals surface area contributed by atoms with Crippen LogP contribution in [0.5, 0.6) is 0 Å². The van der Waals surface area contributed by atoms with Gasteiger partial charge in [-0.15, -0.1) is 0 Å². The van der Waals surface area contributed by atoms with Crippen LogP contribution >= 0.6 is 0 Å². The molecule has 0 spiro atoms. The van der Waals surface area contributed by atoms with E-state index in [1.54, 1.807) is 0 Å². The van der Waals surface area contributed by atoms with Crippen LogP contribution in [0.3, 0.4) is 0 Å². The molecule has 1 rings (SSSR count). The molecule has 14 heavy (non-hydrogen) atoms. The summed E-state index contributed by atoms with van der Waals surface area (Å²) in [6.07, 6.45) is 0. The molecule has 0 aliphatic rings. The molecule has 0 bridgehead atoms. The van der Waals surface area contributed by atoms with Gasteiger partial charge in [0.25, 0.3) is 0 Å². The lowest BCUT2D eigenvalue weighted by Gasteiger charge is -2.15. The van der Waals surface area contributed by atoms with Crippen molar-refractivity contribution >= 4 is 5.97 Å². The molecule has 78 valence electrons. The third-order valence-corrected chi connectivity index (χ3v) is 1.75. The average molecular weight is 196 g/mol. The SMILES string of the molecule is Cc1ccc(COC(=O)C(C)(C)C)o1. The molecule has 0 aromatic carbocycles. The summed E-state index contributed by atoms with van der Waals surface area (Å²) in [6.45, 7) is 7.53. The number of rotatable bonds is 2. The number of aryl methyl sites for hydroxylation is 1. The fourth-order valence-corrected chi connectivity index (χ4v) is 0.916. The zero-order chi connectivity index (χ0) is 10.8. The van der Waals surface area contributed by atoms with E-state index in [9.17, 15) is 4.79 Å². The molecular weight excluding hydrogens is 180 g/mol. The van der Waals surface area contributed by atoms with Gasteiger partial charge in [0.1, 0.15) is 18.1 Å². The minimum Gasteiger partial charge on any atom is -0.463 e. The number of carbonyl (C=O) groups excluding carboxylic acids is 1. The van der Waals surface area contributed by atoms with E-state index in [1.165, 1.54) is 0 Å². The predicted molar refractivity (Wildman–Crippen MR) is 52.7 cm³/mol. The summed E-state index contributed by atoms with van der Waals surface area (Å²) in [5.74, 6) is 1.29. The summed E-state index contributed by atoms with van der Waals surface area (Å²) in [6, 6.07) is 3.66. The molecule has 3 heteroatoms.